The second-order valence-corrected chi connectivity index (χ2v) is 6.80. The number of nitrogens with one attached hydrogen (secondary N) is 1. The average Bonchev–Trinajstić information content (AvgIpc) is 2.65. The molecule has 110 valence electrons. The lowest BCUT2D eigenvalue weighted by molar-refractivity contribution is -0.127. The van der Waals surface area contributed by atoms with Gasteiger partial charge in [0.15, 0.2) is 0 Å². The van der Waals surface area contributed by atoms with Crippen molar-refractivity contribution in [1.29, 1.82) is 0 Å². The lowest BCUT2D eigenvalue weighted by Gasteiger charge is -2.16. The maximum atomic E-state index is 12.5. The number of anilines is 1. The summed E-state index contributed by atoms with van der Waals surface area (Å²) >= 11 is 0. The highest BCUT2D eigenvalue weighted by Crippen LogP contribution is 2.25. The second kappa shape index (κ2) is 5.06. The van der Waals surface area contributed by atoms with Crippen LogP contribution in [0.5, 0.6) is 0 Å². The summed E-state index contributed by atoms with van der Waals surface area (Å²) < 4.78 is 27.5. The highest BCUT2D eigenvalue weighted by Gasteiger charge is 2.34. The van der Waals surface area contributed by atoms with Gasteiger partial charge in [0, 0.05) is 19.3 Å². The van der Waals surface area contributed by atoms with Crippen molar-refractivity contribution in [3.63, 3.8) is 0 Å². The van der Waals surface area contributed by atoms with Gasteiger partial charge in [-0.2, -0.15) is 4.72 Å². The second-order valence-electron chi connectivity index (χ2n) is 5.15. The number of carbonyl (C=O) groups excluding carboxylic acids is 1. The average molecular weight is 297 g/mol. The van der Waals surface area contributed by atoms with Crippen molar-refractivity contribution < 1.29 is 13.2 Å². The molecule has 1 fully saturated rings. The molecular formula is C13H19N3O3S. The molecule has 3 N–H and O–H groups in total. The molecule has 1 unspecified atom stereocenters. The first-order valence-electron chi connectivity index (χ1n) is 6.37. The number of nitrogen functional groups attached to an aromatic ring is 1. The standard InChI is InChI=1S/C13H19N3O3S/c1-8-4-5-10(14)9(2)12(8)20(18,19)15-11-6-7-16(3)13(11)17/h4-5,11,15H,6-7,14H2,1-3H3. The molecule has 0 aliphatic carbocycles. The number of likely N-dealkylation sites (tertiary alicyclic amines) is 1. The number of sulfonamides is 1. The number of aryl methyl sites for hydroxylation is 1. The van der Waals surface area contributed by atoms with Gasteiger partial charge in [0.2, 0.25) is 15.9 Å². The number of nitrogens with zero attached hydrogens (tertiary/aromatic N) is 1. The Morgan fingerprint density at radius 2 is 2.00 bits per heavy atom. The van der Waals surface area contributed by atoms with Crippen LogP contribution in [0, 0.1) is 13.8 Å². The van der Waals surface area contributed by atoms with E-state index in [0.717, 1.165) is 0 Å². The van der Waals surface area contributed by atoms with Gasteiger partial charge in [-0.25, -0.2) is 8.42 Å². The van der Waals surface area contributed by atoms with Crippen molar-refractivity contribution in [2.75, 3.05) is 19.3 Å². The Kier molecular flexibility index (Phi) is 3.75. The van der Waals surface area contributed by atoms with Crippen LogP contribution in [0.15, 0.2) is 17.0 Å². The van der Waals surface area contributed by atoms with E-state index in [1.807, 2.05) is 0 Å². The molecule has 0 aromatic heterocycles. The number of likely N-dealkylation sites (N-methyl/N-ethyl adjacent to an activating group) is 1. The first kappa shape index (κ1) is 14.8. The van der Waals surface area contributed by atoms with Crippen LogP contribution in [0.25, 0.3) is 0 Å². The third kappa shape index (κ3) is 2.51. The largest absolute Gasteiger partial charge is 0.398 e. The monoisotopic (exact) mass is 297 g/mol. The van der Waals surface area contributed by atoms with Gasteiger partial charge in [-0.1, -0.05) is 6.07 Å². The molecule has 0 radical (unpaired) electrons. The quantitative estimate of drug-likeness (QED) is 0.790. The molecule has 1 aliphatic heterocycles. The molecule has 2 rings (SSSR count). The van der Waals surface area contributed by atoms with E-state index in [9.17, 15) is 13.2 Å². The van der Waals surface area contributed by atoms with Gasteiger partial charge in [-0.05, 0) is 37.5 Å². The highest BCUT2D eigenvalue weighted by molar-refractivity contribution is 7.89. The fourth-order valence-corrected chi connectivity index (χ4v) is 4.16. The molecule has 0 saturated carbocycles. The summed E-state index contributed by atoms with van der Waals surface area (Å²) in [6.07, 6.45) is 0.481. The summed E-state index contributed by atoms with van der Waals surface area (Å²) in [6.45, 7) is 3.93. The van der Waals surface area contributed by atoms with Crippen molar-refractivity contribution >= 4 is 21.6 Å². The van der Waals surface area contributed by atoms with Crippen LogP contribution in [0.2, 0.25) is 0 Å². The van der Waals surface area contributed by atoms with Crippen LogP contribution in [0.1, 0.15) is 17.5 Å². The van der Waals surface area contributed by atoms with Crippen LogP contribution < -0.4 is 10.5 Å². The van der Waals surface area contributed by atoms with Crippen molar-refractivity contribution in [2.45, 2.75) is 31.2 Å². The fraction of sp³-hybridized carbons (Fsp3) is 0.462. The number of nitrogens with two attached hydrogens (primary N) is 1. The maximum Gasteiger partial charge on any atom is 0.241 e. The van der Waals surface area contributed by atoms with Gasteiger partial charge in [-0.3, -0.25) is 4.79 Å². The minimum atomic E-state index is -3.76. The zero-order valence-corrected chi connectivity index (χ0v) is 12.6. The van der Waals surface area contributed by atoms with E-state index >= 15 is 0 Å². The minimum Gasteiger partial charge on any atom is -0.398 e. The van der Waals surface area contributed by atoms with Crippen LogP contribution in [-0.2, 0) is 14.8 Å². The molecule has 7 heteroatoms. The van der Waals surface area contributed by atoms with Crippen molar-refractivity contribution in [2.24, 2.45) is 0 Å². The predicted molar refractivity (Wildman–Crippen MR) is 76.7 cm³/mol. The lowest BCUT2D eigenvalue weighted by atomic mass is 10.1. The van der Waals surface area contributed by atoms with E-state index in [1.165, 1.54) is 4.90 Å². The molecule has 20 heavy (non-hydrogen) atoms. The summed E-state index contributed by atoms with van der Waals surface area (Å²) in [5, 5.41) is 0. The molecule has 6 nitrogen and oxygen atoms in total. The van der Waals surface area contributed by atoms with Gasteiger partial charge in [0.25, 0.3) is 0 Å². The Labute approximate surface area is 119 Å². The Balaban J connectivity index is 2.37. The molecule has 1 aliphatic rings. The lowest BCUT2D eigenvalue weighted by Crippen LogP contribution is -2.41. The fourth-order valence-electron chi connectivity index (χ4n) is 2.43. The molecule has 0 bridgehead atoms. The smallest absolute Gasteiger partial charge is 0.241 e. The molecule has 1 atom stereocenters. The van der Waals surface area contributed by atoms with E-state index in [0.29, 0.717) is 29.8 Å². The molecule has 1 heterocycles. The number of hydrogen-bond donors (Lipinski definition) is 2. The first-order chi connectivity index (χ1) is 9.24. The van der Waals surface area contributed by atoms with Gasteiger partial charge in [0.1, 0.15) is 6.04 Å². The minimum absolute atomic E-state index is 0.167. The van der Waals surface area contributed by atoms with Crippen molar-refractivity contribution in [1.82, 2.24) is 9.62 Å². The molecular weight excluding hydrogens is 278 g/mol. The maximum absolute atomic E-state index is 12.5. The molecule has 0 spiro atoms. The Morgan fingerprint density at radius 3 is 2.55 bits per heavy atom. The summed E-state index contributed by atoms with van der Waals surface area (Å²) in [4.78, 5) is 13.5. The van der Waals surface area contributed by atoms with E-state index < -0.39 is 16.1 Å². The molecule has 1 saturated heterocycles. The number of rotatable bonds is 3. The number of hydrogen-bond acceptors (Lipinski definition) is 4. The first-order valence-corrected chi connectivity index (χ1v) is 7.85. The van der Waals surface area contributed by atoms with Gasteiger partial charge >= 0.3 is 0 Å². The number of carbonyl (C=O) groups is 1. The zero-order valence-electron chi connectivity index (χ0n) is 11.8. The van der Waals surface area contributed by atoms with E-state index in [-0.39, 0.29) is 10.8 Å². The molecule has 1 amide bonds. The van der Waals surface area contributed by atoms with Crippen LogP contribution >= 0.6 is 0 Å². The summed E-state index contributed by atoms with van der Waals surface area (Å²) in [5.74, 6) is -0.201. The third-order valence-electron chi connectivity index (χ3n) is 3.64. The van der Waals surface area contributed by atoms with Crippen LogP contribution in [0.4, 0.5) is 5.69 Å². The summed E-state index contributed by atoms with van der Waals surface area (Å²) in [7, 11) is -2.10. The Bertz CT molecular complexity index is 655. The third-order valence-corrected chi connectivity index (χ3v) is 5.40. The SMILES string of the molecule is Cc1ccc(N)c(C)c1S(=O)(=O)NC1CCN(C)C1=O. The molecule has 1 aromatic carbocycles. The van der Waals surface area contributed by atoms with Crippen molar-refractivity contribution in [3.8, 4) is 0 Å². The van der Waals surface area contributed by atoms with E-state index in [1.54, 1.807) is 33.0 Å². The van der Waals surface area contributed by atoms with Crippen molar-refractivity contribution in [3.05, 3.63) is 23.3 Å². The predicted octanol–water partition coefficient (Wildman–Crippen LogP) is 0.395. The van der Waals surface area contributed by atoms with Crippen LogP contribution in [-0.4, -0.2) is 38.9 Å². The Morgan fingerprint density at radius 1 is 1.35 bits per heavy atom. The summed E-state index contributed by atoms with van der Waals surface area (Å²) in [6, 6.07) is 2.66. The molecule has 1 aromatic rings. The highest BCUT2D eigenvalue weighted by atomic mass is 32.2. The normalized spacial score (nSPS) is 19.6. The summed E-state index contributed by atoms with van der Waals surface area (Å²) in [5.41, 5.74) is 7.32. The van der Waals surface area contributed by atoms with E-state index in [2.05, 4.69) is 4.72 Å². The van der Waals surface area contributed by atoms with Gasteiger partial charge in [-0.15, -0.1) is 0 Å². The van der Waals surface area contributed by atoms with Crippen LogP contribution in [0.3, 0.4) is 0 Å². The van der Waals surface area contributed by atoms with Gasteiger partial charge < -0.3 is 10.6 Å². The number of amides is 1. The topological polar surface area (TPSA) is 92.5 Å². The van der Waals surface area contributed by atoms with Gasteiger partial charge in [0.05, 0.1) is 4.90 Å². The van der Waals surface area contributed by atoms with E-state index in [4.69, 9.17) is 5.73 Å². The zero-order chi connectivity index (χ0) is 15.1. The Hall–Kier alpha value is -1.60. The number of benzene rings is 1.